The molecule has 2 aliphatic heterocycles. The van der Waals surface area contributed by atoms with Gasteiger partial charge < -0.3 is 25.0 Å². The van der Waals surface area contributed by atoms with Gasteiger partial charge >= 0.3 is 5.69 Å². The third kappa shape index (κ3) is 3.63. The number of aliphatic hydroxyl groups is 4. The van der Waals surface area contributed by atoms with Gasteiger partial charge in [-0.1, -0.05) is 5.11 Å². The summed E-state index contributed by atoms with van der Waals surface area (Å²) in [6.45, 7) is 2.24. The van der Waals surface area contributed by atoms with Crippen molar-refractivity contribution < 1.29 is 20.4 Å². The first-order valence-electron chi connectivity index (χ1n) is 8.84. The van der Waals surface area contributed by atoms with E-state index in [4.69, 9.17) is 10.6 Å². The second-order valence-corrected chi connectivity index (χ2v) is 6.80. The molecule has 1 aromatic rings. The second kappa shape index (κ2) is 8.18. The number of aryl methyl sites for hydroxylation is 1. The fourth-order valence-corrected chi connectivity index (χ4v) is 3.14. The van der Waals surface area contributed by atoms with E-state index in [2.05, 4.69) is 20.0 Å². The fourth-order valence-electron chi connectivity index (χ4n) is 3.14. The Balaban J connectivity index is 2.41. The number of rotatable bonds is 6. The Labute approximate surface area is 167 Å². The first-order chi connectivity index (χ1) is 14.2. The minimum absolute atomic E-state index is 0.124. The van der Waals surface area contributed by atoms with E-state index in [1.165, 1.54) is 4.57 Å². The number of aromatic amines is 1. The van der Waals surface area contributed by atoms with E-state index in [1.807, 2.05) is 4.98 Å². The molecule has 13 heteroatoms. The highest BCUT2D eigenvalue weighted by atomic mass is 16.4. The van der Waals surface area contributed by atoms with Crippen molar-refractivity contribution in [3.63, 3.8) is 0 Å². The molecule has 0 fully saturated rings. The van der Waals surface area contributed by atoms with Gasteiger partial charge in [0.2, 0.25) is 0 Å². The summed E-state index contributed by atoms with van der Waals surface area (Å²) >= 11 is 0. The molecule has 0 bridgehead atoms. The molecule has 0 amide bonds. The van der Waals surface area contributed by atoms with Crippen molar-refractivity contribution >= 4 is 16.7 Å². The lowest BCUT2D eigenvalue weighted by Gasteiger charge is -2.25. The van der Waals surface area contributed by atoms with Crippen LogP contribution in [-0.4, -0.2) is 64.9 Å². The number of azide groups is 1. The monoisotopic (exact) mass is 417 g/mol. The summed E-state index contributed by atoms with van der Waals surface area (Å²) in [7, 11) is 0. The van der Waals surface area contributed by atoms with E-state index < -0.39 is 42.7 Å². The quantitative estimate of drug-likeness (QED) is 0.148. The first kappa shape index (κ1) is 21.4. The lowest BCUT2D eigenvalue weighted by molar-refractivity contribution is -0.0802. The summed E-state index contributed by atoms with van der Waals surface area (Å²) in [5.74, 6) is -0.170. The molecule has 1 aromatic carbocycles. The number of nitrogens with one attached hydrogen (secondary N) is 1. The van der Waals surface area contributed by atoms with E-state index in [9.17, 15) is 24.9 Å². The Hall–Kier alpha value is -3.35. The molecule has 0 saturated carbocycles. The highest BCUT2D eigenvalue weighted by Gasteiger charge is 2.28. The lowest BCUT2D eigenvalue weighted by Crippen LogP contribution is -2.42. The topological polar surface area (TPSA) is 210 Å². The molecule has 0 spiro atoms. The largest absolute Gasteiger partial charge is 0.394 e. The minimum Gasteiger partial charge on any atom is -0.394 e. The Kier molecular flexibility index (Phi) is 5.82. The normalized spacial score (nSPS) is 14.5. The highest BCUT2D eigenvalue weighted by Crippen LogP contribution is 2.34. The van der Waals surface area contributed by atoms with E-state index in [-0.39, 0.29) is 28.2 Å². The van der Waals surface area contributed by atoms with Crippen LogP contribution in [0.25, 0.3) is 33.0 Å². The summed E-state index contributed by atoms with van der Waals surface area (Å²) < 4.78 is 1.27. The standard InChI is InChI=1S/C17H19N7O6/c1-6-3-8-12(11(7(6)2)22-23-18)19-13-15(20-17(30)21-16(13)29)24(8)4-9(26)14(28)10(27)5-25/h3,9-10,14,25-28H,4-5H2,1-2H3,(H,21,29,30). The number of hydrogen-bond acceptors (Lipinski definition) is 9. The number of fused-ring (bicyclic) bond motifs is 2. The number of H-pyrrole nitrogens is 1. The first-order valence-corrected chi connectivity index (χ1v) is 8.84. The maximum Gasteiger partial charge on any atom is 0.349 e. The molecular weight excluding hydrogens is 398 g/mol. The van der Waals surface area contributed by atoms with Crippen LogP contribution in [0.2, 0.25) is 0 Å². The van der Waals surface area contributed by atoms with Gasteiger partial charge in [0, 0.05) is 4.91 Å². The van der Waals surface area contributed by atoms with Crippen LogP contribution in [0.3, 0.4) is 0 Å². The van der Waals surface area contributed by atoms with Crippen molar-refractivity contribution in [3.05, 3.63) is 48.5 Å². The molecule has 30 heavy (non-hydrogen) atoms. The fraction of sp³-hybridized carbons (Fsp3) is 0.412. The number of hydrogen-bond donors (Lipinski definition) is 5. The molecule has 0 aliphatic carbocycles. The average molecular weight is 417 g/mol. The summed E-state index contributed by atoms with van der Waals surface area (Å²) in [4.78, 5) is 36.9. The number of aromatic nitrogens is 4. The predicted octanol–water partition coefficient (Wildman–Crippen LogP) is -0.782. The van der Waals surface area contributed by atoms with Crippen LogP contribution in [0.15, 0.2) is 20.8 Å². The van der Waals surface area contributed by atoms with E-state index >= 15 is 0 Å². The summed E-state index contributed by atoms with van der Waals surface area (Å²) in [5.41, 5.74) is 8.78. The molecule has 2 heterocycles. The number of aliphatic hydroxyl groups excluding tert-OH is 4. The van der Waals surface area contributed by atoms with E-state index in [0.29, 0.717) is 11.1 Å². The van der Waals surface area contributed by atoms with Gasteiger partial charge in [-0.25, -0.2) is 9.78 Å². The van der Waals surface area contributed by atoms with Gasteiger partial charge in [0.05, 0.1) is 29.9 Å². The molecule has 3 rings (SSSR count). The molecule has 3 unspecified atom stereocenters. The summed E-state index contributed by atoms with van der Waals surface area (Å²) in [6.07, 6.45) is -4.95. The van der Waals surface area contributed by atoms with Crippen LogP contribution in [0.5, 0.6) is 0 Å². The van der Waals surface area contributed by atoms with Crippen LogP contribution in [-0.2, 0) is 6.54 Å². The van der Waals surface area contributed by atoms with Gasteiger partial charge in [-0.3, -0.25) is 9.78 Å². The van der Waals surface area contributed by atoms with Gasteiger partial charge in [0.25, 0.3) is 5.56 Å². The number of benzene rings is 1. The maximum absolute atomic E-state index is 12.3. The Morgan fingerprint density at radius 1 is 1.23 bits per heavy atom. The van der Waals surface area contributed by atoms with Crippen LogP contribution in [0.1, 0.15) is 11.1 Å². The van der Waals surface area contributed by atoms with Gasteiger partial charge in [-0.2, -0.15) is 4.98 Å². The maximum atomic E-state index is 12.3. The summed E-state index contributed by atoms with van der Waals surface area (Å²) in [5, 5.41) is 42.7. The second-order valence-electron chi connectivity index (χ2n) is 6.80. The smallest absolute Gasteiger partial charge is 0.349 e. The zero-order valence-electron chi connectivity index (χ0n) is 16.0. The number of nitrogens with zero attached hydrogens (tertiary/aromatic N) is 6. The lowest BCUT2D eigenvalue weighted by atomic mass is 10.0. The summed E-state index contributed by atoms with van der Waals surface area (Å²) in [6, 6.07) is 1.64. The molecule has 5 N–H and O–H groups in total. The molecule has 0 saturated heterocycles. The van der Waals surface area contributed by atoms with E-state index in [1.54, 1.807) is 19.9 Å². The molecule has 0 aromatic heterocycles. The predicted molar refractivity (Wildman–Crippen MR) is 104 cm³/mol. The van der Waals surface area contributed by atoms with Gasteiger partial charge in [0.15, 0.2) is 11.5 Å². The van der Waals surface area contributed by atoms with Crippen molar-refractivity contribution in [1.29, 1.82) is 0 Å². The Morgan fingerprint density at radius 2 is 1.93 bits per heavy atom. The molecule has 158 valence electrons. The van der Waals surface area contributed by atoms with Crippen LogP contribution >= 0.6 is 0 Å². The van der Waals surface area contributed by atoms with E-state index in [0.717, 1.165) is 0 Å². The van der Waals surface area contributed by atoms with Gasteiger partial charge in [0.1, 0.15) is 18.3 Å². The van der Waals surface area contributed by atoms with Crippen molar-refractivity contribution in [2.24, 2.45) is 5.11 Å². The van der Waals surface area contributed by atoms with Gasteiger partial charge in [-0.05, 0) is 36.6 Å². The zero-order chi connectivity index (χ0) is 22.2. The van der Waals surface area contributed by atoms with Gasteiger partial charge in [-0.15, -0.1) is 0 Å². The zero-order valence-corrected chi connectivity index (χ0v) is 16.0. The average Bonchev–Trinajstić information content (AvgIpc) is 2.71. The van der Waals surface area contributed by atoms with Crippen molar-refractivity contribution in [3.8, 4) is 11.5 Å². The molecule has 3 atom stereocenters. The van der Waals surface area contributed by atoms with Crippen molar-refractivity contribution in [2.45, 2.75) is 38.7 Å². The van der Waals surface area contributed by atoms with Crippen molar-refractivity contribution in [1.82, 2.24) is 19.5 Å². The Morgan fingerprint density at radius 3 is 2.57 bits per heavy atom. The molecule has 2 aliphatic rings. The van der Waals surface area contributed by atoms with Crippen LogP contribution in [0, 0.1) is 13.8 Å². The highest BCUT2D eigenvalue weighted by molar-refractivity contribution is 5.91. The minimum atomic E-state index is -1.72. The SMILES string of the molecule is Cc1cc2c(nc3c(=O)[nH]c(=O)nc-3n2CC(O)C(O)C(O)CO)c(N=[N+]=[N-])c1C. The Bertz CT molecular complexity index is 1250. The molecular formula is C17H19N7O6. The van der Waals surface area contributed by atoms with Crippen LogP contribution in [0.4, 0.5) is 5.69 Å². The van der Waals surface area contributed by atoms with Crippen molar-refractivity contribution in [2.75, 3.05) is 6.61 Å². The third-order valence-corrected chi connectivity index (χ3v) is 4.88. The van der Waals surface area contributed by atoms with Crippen LogP contribution < -0.4 is 11.2 Å². The third-order valence-electron chi connectivity index (χ3n) is 4.88. The molecule has 0 radical (unpaired) electrons. The molecule has 13 nitrogen and oxygen atoms in total.